The van der Waals surface area contributed by atoms with Gasteiger partial charge in [-0.2, -0.15) is 0 Å². The van der Waals surface area contributed by atoms with E-state index < -0.39 is 4.32 Å². The quantitative estimate of drug-likeness (QED) is 0.846. The van der Waals surface area contributed by atoms with Crippen LogP contribution in [0.4, 0.5) is 0 Å². The van der Waals surface area contributed by atoms with Crippen molar-refractivity contribution in [3.8, 4) is 5.75 Å². The Hall–Kier alpha value is -1.03. The smallest absolute Gasteiger partial charge is 0.236 e. The van der Waals surface area contributed by atoms with E-state index in [-0.39, 0.29) is 11.9 Å². The highest BCUT2D eigenvalue weighted by molar-refractivity contribution is 9.10. The number of benzene rings is 1. The van der Waals surface area contributed by atoms with Gasteiger partial charge in [0.25, 0.3) is 0 Å². The number of ether oxygens (including phenoxy) is 1. The van der Waals surface area contributed by atoms with Crippen LogP contribution in [0.25, 0.3) is 0 Å². The number of carbonyl (C=O) groups is 1. The molecule has 100 valence electrons. The number of halogens is 1. The van der Waals surface area contributed by atoms with Gasteiger partial charge in [0.1, 0.15) is 5.75 Å². The van der Waals surface area contributed by atoms with Crippen molar-refractivity contribution in [1.82, 2.24) is 5.32 Å². The number of rotatable bonds is 5. The highest BCUT2D eigenvalue weighted by Gasteiger charge is 2.26. The summed E-state index contributed by atoms with van der Waals surface area (Å²) in [7, 11) is 1.64. The summed E-state index contributed by atoms with van der Waals surface area (Å²) < 4.78 is 4.77. The minimum atomic E-state index is -0.567. The molecule has 1 amide bonds. The predicted molar refractivity (Wildman–Crippen MR) is 77.2 cm³/mol. The minimum Gasteiger partial charge on any atom is -0.496 e. The number of amides is 1. The molecule has 0 heterocycles. The zero-order chi connectivity index (χ0) is 13.8. The van der Waals surface area contributed by atoms with Gasteiger partial charge in [0.2, 0.25) is 5.91 Å². The molecule has 0 saturated heterocycles. The van der Waals surface area contributed by atoms with Crippen LogP contribution < -0.4 is 10.1 Å². The molecule has 1 rings (SSSR count). The third kappa shape index (κ3) is 3.73. The van der Waals surface area contributed by atoms with Gasteiger partial charge < -0.3 is 10.1 Å². The Balaban J connectivity index is 2.93. The van der Waals surface area contributed by atoms with Gasteiger partial charge in [-0.05, 0) is 26.3 Å². The molecule has 0 aliphatic rings. The third-order valence-electron chi connectivity index (χ3n) is 2.77. The predicted octanol–water partition coefficient (Wildman–Crippen LogP) is 3.44. The van der Waals surface area contributed by atoms with Gasteiger partial charge >= 0.3 is 0 Å². The molecule has 0 fully saturated rings. The summed E-state index contributed by atoms with van der Waals surface area (Å²) in [5.74, 6) is 0.775. The molecule has 1 N–H and O–H groups in total. The summed E-state index contributed by atoms with van der Waals surface area (Å²) in [6.07, 6.45) is 0.815. The summed E-state index contributed by atoms with van der Waals surface area (Å²) in [5.41, 5.74) is 1.01. The molecule has 0 aliphatic heterocycles. The lowest BCUT2D eigenvalue weighted by Crippen LogP contribution is -2.39. The van der Waals surface area contributed by atoms with E-state index in [0.717, 1.165) is 17.7 Å². The van der Waals surface area contributed by atoms with Crippen molar-refractivity contribution in [3.05, 3.63) is 29.8 Å². The summed E-state index contributed by atoms with van der Waals surface area (Å²) in [4.78, 5) is 12.0. The van der Waals surface area contributed by atoms with Gasteiger partial charge in [-0.25, -0.2) is 0 Å². The van der Waals surface area contributed by atoms with E-state index in [1.807, 2.05) is 45.0 Å². The van der Waals surface area contributed by atoms with E-state index in [9.17, 15) is 4.79 Å². The van der Waals surface area contributed by atoms with Crippen LogP contribution in [0.5, 0.6) is 5.75 Å². The first-order chi connectivity index (χ1) is 8.40. The standard InChI is InChI=1S/C14H20BrNO2/c1-5-11(16-13(17)14(2,3)15)10-8-6-7-9-12(10)18-4/h6-9,11H,5H2,1-4H3,(H,16,17). The first-order valence-electron chi connectivity index (χ1n) is 6.03. The number of alkyl halides is 1. The van der Waals surface area contributed by atoms with Gasteiger partial charge in [0, 0.05) is 5.56 Å². The number of nitrogens with one attached hydrogen (secondary N) is 1. The van der Waals surface area contributed by atoms with Crippen LogP contribution in [-0.4, -0.2) is 17.3 Å². The molecule has 1 unspecified atom stereocenters. The van der Waals surface area contributed by atoms with E-state index in [1.165, 1.54) is 0 Å². The Morgan fingerprint density at radius 1 is 1.44 bits per heavy atom. The molecule has 0 radical (unpaired) electrons. The van der Waals surface area contributed by atoms with Gasteiger partial charge in [-0.1, -0.05) is 41.1 Å². The van der Waals surface area contributed by atoms with Gasteiger partial charge in [-0.3, -0.25) is 4.79 Å². The van der Waals surface area contributed by atoms with E-state index in [1.54, 1.807) is 7.11 Å². The maximum absolute atomic E-state index is 12.0. The van der Waals surface area contributed by atoms with Crippen molar-refractivity contribution in [3.63, 3.8) is 0 Å². The maximum Gasteiger partial charge on any atom is 0.236 e. The lowest BCUT2D eigenvalue weighted by Gasteiger charge is -2.24. The summed E-state index contributed by atoms with van der Waals surface area (Å²) in [5, 5.41) is 3.03. The van der Waals surface area contributed by atoms with Crippen LogP contribution in [0, 0.1) is 0 Å². The normalized spacial score (nSPS) is 12.9. The fraction of sp³-hybridized carbons (Fsp3) is 0.500. The second-order valence-electron chi connectivity index (χ2n) is 4.65. The topological polar surface area (TPSA) is 38.3 Å². The van der Waals surface area contributed by atoms with E-state index in [0.29, 0.717) is 0 Å². The zero-order valence-corrected chi connectivity index (χ0v) is 12.9. The minimum absolute atomic E-state index is 0.0275. The summed E-state index contributed by atoms with van der Waals surface area (Å²) >= 11 is 3.37. The zero-order valence-electron chi connectivity index (χ0n) is 11.3. The molecule has 0 spiro atoms. The highest BCUT2D eigenvalue weighted by atomic mass is 79.9. The monoisotopic (exact) mass is 313 g/mol. The Morgan fingerprint density at radius 3 is 2.56 bits per heavy atom. The van der Waals surface area contributed by atoms with E-state index in [4.69, 9.17) is 4.74 Å². The van der Waals surface area contributed by atoms with Crippen molar-refractivity contribution in [2.24, 2.45) is 0 Å². The second-order valence-corrected chi connectivity index (χ2v) is 6.63. The lowest BCUT2D eigenvalue weighted by atomic mass is 10.0. The lowest BCUT2D eigenvalue weighted by molar-refractivity contribution is -0.123. The molecule has 4 heteroatoms. The van der Waals surface area contributed by atoms with Crippen LogP contribution >= 0.6 is 15.9 Å². The van der Waals surface area contributed by atoms with Crippen molar-refractivity contribution >= 4 is 21.8 Å². The highest BCUT2D eigenvalue weighted by Crippen LogP contribution is 2.28. The largest absolute Gasteiger partial charge is 0.496 e. The first-order valence-corrected chi connectivity index (χ1v) is 6.82. The van der Waals surface area contributed by atoms with Crippen molar-refractivity contribution in [2.75, 3.05) is 7.11 Å². The van der Waals surface area contributed by atoms with Crippen LogP contribution in [0.1, 0.15) is 38.8 Å². The first kappa shape index (κ1) is 15.0. The molecule has 18 heavy (non-hydrogen) atoms. The van der Waals surface area contributed by atoms with Crippen LogP contribution in [0.15, 0.2) is 24.3 Å². The van der Waals surface area contributed by atoms with Crippen LogP contribution in [-0.2, 0) is 4.79 Å². The fourth-order valence-corrected chi connectivity index (χ4v) is 1.80. The Kier molecular flexibility index (Phi) is 5.20. The van der Waals surface area contributed by atoms with E-state index >= 15 is 0 Å². The number of methoxy groups -OCH3 is 1. The average Bonchev–Trinajstić information content (AvgIpc) is 2.34. The van der Waals surface area contributed by atoms with Crippen molar-refractivity contribution < 1.29 is 9.53 Å². The summed E-state index contributed by atoms with van der Waals surface area (Å²) in [6.45, 7) is 5.70. The fourth-order valence-electron chi connectivity index (χ4n) is 1.68. The Morgan fingerprint density at radius 2 is 2.06 bits per heavy atom. The summed E-state index contributed by atoms with van der Waals surface area (Å²) in [6, 6.07) is 7.72. The van der Waals surface area contributed by atoms with Crippen LogP contribution in [0.3, 0.4) is 0 Å². The average molecular weight is 314 g/mol. The SMILES string of the molecule is CCC(NC(=O)C(C)(C)Br)c1ccccc1OC. The third-order valence-corrected chi connectivity index (χ3v) is 3.13. The van der Waals surface area contributed by atoms with Gasteiger partial charge in [-0.15, -0.1) is 0 Å². The molecule has 1 aromatic rings. The molecule has 3 nitrogen and oxygen atoms in total. The number of hydrogen-bond donors (Lipinski definition) is 1. The molecule has 0 saturated carbocycles. The second kappa shape index (κ2) is 6.23. The molecular weight excluding hydrogens is 294 g/mol. The van der Waals surface area contributed by atoms with Gasteiger partial charge in [0.05, 0.1) is 17.5 Å². The molecule has 0 aliphatic carbocycles. The van der Waals surface area contributed by atoms with Crippen molar-refractivity contribution in [2.45, 2.75) is 37.6 Å². The molecule has 1 aromatic carbocycles. The molecular formula is C14H20BrNO2. The number of carbonyl (C=O) groups excluding carboxylic acids is 1. The van der Waals surface area contributed by atoms with Crippen molar-refractivity contribution in [1.29, 1.82) is 0 Å². The maximum atomic E-state index is 12.0. The molecule has 0 aromatic heterocycles. The number of para-hydroxylation sites is 1. The number of hydrogen-bond acceptors (Lipinski definition) is 2. The molecule has 1 atom stereocenters. The van der Waals surface area contributed by atoms with E-state index in [2.05, 4.69) is 21.2 Å². The Labute approximate surface area is 117 Å². The Bertz CT molecular complexity index is 413. The van der Waals surface area contributed by atoms with Crippen LogP contribution in [0.2, 0.25) is 0 Å². The molecule has 0 bridgehead atoms. The van der Waals surface area contributed by atoms with Gasteiger partial charge in [0.15, 0.2) is 0 Å².